The molecule has 1 aromatic rings. The molecule has 0 aliphatic carbocycles. The molecule has 0 bridgehead atoms. The highest BCUT2D eigenvalue weighted by atomic mass is 19.1. The van der Waals surface area contributed by atoms with E-state index in [1.807, 2.05) is 0 Å². The molecular weight excluding hydrogens is 216 g/mol. The summed E-state index contributed by atoms with van der Waals surface area (Å²) in [6.07, 6.45) is 0.692. The molecule has 1 aliphatic heterocycles. The Bertz CT molecular complexity index is 358. The SMILES string of the molecule is NCC1(c2c(F)cccc2F)OCCCO1. The van der Waals surface area contributed by atoms with Gasteiger partial charge < -0.3 is 15.2 Å². The summed E-state index contributed by atoms with van der Waals surface area (Å²) in [4.78, 5) is 0. The lowest BCUT2D eigenvalue weighted by Gasteiger charge is -2.36. The van der Waals surface area contributed by atoms with Crippen LogP contribution in [0.2, 0.25) is 0 Å². The third-order valence-electron chi connectivity index (χ3n) is 2.57. The van der Waals surface area contributed by atoms with E-state index in [0.29, 0.717) is 19.6 Å². The van der Waals surface area contributed by atoms with E-state index in [0.717, 1.165) is 12.1 Å². The number of rotatable bonds is 2. The molecule has 1 aromatic carbocycles. The molecule has 0 radical (unpaired) electrons. The van der Waals surface area contributed by atoms with Crippen LogP contribution in [0.25, 0.3) is 0 Å². The van der Waals surface area contributed by atoms with Crippen molar-refractivity contribution in [3.05, 3.63) is 35.4 Å². The van der Waals surface area contributed by atoms with Gasteiger partial charge in [0.2, 0.25) is 5.79 Å². The molecule has 2 rings (SSSR count). The molecule has 0 atom stereocenters. The van der Waals surface area contributed by atoms with Gasteiger partial charge in [0.1, 0.15) is 11.6 Å². The van der Waals surface area contributed by atoms with Crippen molar-refractivity contribution < 1.29 is 18.3 Å². The number of halogens is 2. The fourth-order valence-corrected chi connectivity index (χ4v) is 1.80. The van der Waals surface area contributed by atoms with Gasteiger partial charge in [0, 0.05) is 0 Å². The van der Waals surface area contributed by atoms with Crippen molar-refractivity contribution >= 4 is 0 Å². The molecule has 1 saturated heterocycles. The quantitative estimate of drug-likeness (QED) is 0.836. The van der Waals surface area contributed by atoms with Crippen LogP contribution in [0, 0.1) is 11.6 Å². The third-order valence-corrected chi connectivity index (χ3v) is 2.57. The maximum Gasteiger partial charge on any atom is 0.213 e. The number of benzene rings is 1. The van der Waals surface area contributed by atoms with Gasteiger partial charge in [-0.1, -0.05) is 6.07 Å². The van der Waals surface area contributed by atoms with E-state index in [1.54, 1.807) is 0 Å². The van der Waals surface area contributed by atoms with E-state index < -0.39 is 17.4 Å². The van der Waals surface area contributed by atoms with Gasteiger partial charge >= 0.3 is 0 Å². The number of nitrogens with two attached hydrogens (primary N) is 1. The van der Waals surface area contributed by atoms with Gasteiger partial charge in [-0.15, -0.1) is 0 Å². The highest BCUT2D eigenvalue weighted by Gasteiger charge is 2.40. The first-order chi connectivity index (χ1) is 7.69. The van der Waals surface area contributed by atoms with Crippen LogP contribution in [0.5, 0.6) is 0 Å². The smallest absolute Gasteiger partial charge is 0.213 e. The molecule has 0 saturated carbocycles. The lowest BCUT2D eigenvalue weighted by molar-refractivity contribution is -0.272. The lowest BCUT2D eigenvalue weighted by atomic mass is 10.0. The zero-order chi connectivity index (χ0) is 11.6. The van der Waals surface area contributed by atoms with Crippen LogP contribution >= 0.6 is 0 Å². The zero-order valence-electron chi connectivity index (χ0n) is 8.71. The molecule has 3 nitrogen and oxygen atoms in total. The van der Waals surface area contributed by atoms with Crippen molar-refractivity contribution in [3.8, 4) is 0 Å². The summed E-state index contributed by atoms with van der Waals surface area (Å²) in [6.45, 7) is 0.640. The molecule has 1 heterocycles. The second-order valence-corrected chi connectivity index (χ2v) is 3.60. The van der Waals surface area contributed by atoms with Crippen LogP contribution in [0.1, 0.15) is 12.0 Å². The van der Waals surface area contributed by atoms with Crippen LogP contribution in [-0.2, 0) is 15.3 Å². The molecule has 88 valence electrons. The summed E-state index contributed by atoms with van der Waals surface area (Å²) >= 11 is 0. The van der Waals surface area contributed by atoms with Gasteiger partial charge in [-0.25, -0.2) is 8.78 Å². The van der Waals surface area contributed by atoms with E-state index in [9.17, 15) is 8.78 Å². The largest absolute Gasteiger partial charge is 0.345 e. The summed E-state index contributed by atoms with van der Waals surface area (Å²) in [6, 6.07) is 3.62. The van der Waals surface area contributed by atoms with Crippen molar-refractivity contribution in [2.75, 3.05) is 19.8 Å². The number of hydrogen-bond donors (Lipinski definition) is 1. The lowest BCUT2D eigenvalue weighted by Crippen LogP contribution is -2.45. The van der Waals surface area contributed by atoms with Crippen LogP contribution in [-0.4, -0.2) is 19.8 Å². The van der Waals surface area contributed by atoms with Crippen molar-refractivity contribution in [3.63, 3.8) is 0 Å². The maximum absolute atomic E-state index is 13.6. The average Bonchev–Trinajstić information content (AvgIpc) is 2.30. The molecular formula is C11H13F2NO2. The van der Waals surface area contributed by atoms with Gasteiger partial charge in [0.05, 0.1) is 25.3 Å². The Morgan fingerprint density at radius 2 is 1.75 bits per heavy atom. The highest BCUT2D eigenvalue weighted by Crippen LogP contribution is 2.33. The molecule has 1 aliphatic rings. The maximum atomic E-state index is 13.6. The Morgan fingerprint density at radius 1 is 1.19 bits per heavy atom. The van der Waals surface area contributed by atoms with E-state index in [-0.39, 0.29) is 12.1 Å². The second kappa shape index (κ2) is 4.45. The summed E-state index contributed by atoms with van der Waals surface area (Å²) in [5, 5.41) is 0. The molecule has 2 N–H and O–H groups in total. The molecule has 0 unspecified atom stereocenters. The Hall–Kier alpha value is -1.04. The monoisotopic (exact) mass is 229 g/mol. The number of hydrogen-bond acceptors (Lipinski definition) is 3. The minimum Gasteiger partial charge on any atom is -0.345 e. The van der Waals surface area contributed by atoms with Crippen molar-refractivity contribution in [2.45, 2.75) is 12.2 Å². The standard InChI is InChI=1S/C11H13F2NO2/c12-8-3-1-4-9(13)10(8)11(7-14)15-5-2-6-16-11/h1,3-4H,2,5-7,14H2. The van der Waals surface area contributed by atoms with Crippen molar-refractivity contribution in [2.24, 2.45) is 5.73 Å². The predicted molar refractivity (Wildman–Crippen MR) is 53.6 cm³/mol. The fraction of sp³-hybridized carbons (Fsp3) is 0.455. The first-order valence-corrected chi connectivity index (χ1v) is 5.12. The van der Waals surface area contributed by atoms with Gasteiger partial charge in [0.25, 0.3) is 0 Å². The van der Waals surface area contributed by atoms with Crippen LogP contribution < -0.4 is 5.73 Å². The van der Waals surface area contributed by atoms with Crippen LogP contribution in [0.3, 0.4) is 0 Å². The van der Waals surface area contributed by atoms with Crippen LogP contribution in [0.15, 0.2) is 18.2 Å². The van der Waals surface area contributed by atoms with E-state index in [4.69, 9.17) is 15.2 Å². The second-order valence-electron chi connectivity index (χ2n) is 3.60. The first kappa shape index (κ1) is 11.4. The Kier molecular flexibility index (Phi) is 3.18. The fourth-order valence-electron chi connectivity index (χ4n) is 1.80. The number of ether oxygens (including phenoxy) is 2. The van der Waals surface area contributed by atoms with Crippen LogP contribution in [0.4, 0.5) is 8.78 Å². The molecule has 0 spiro atoms. The molecule has 16 heavy (non-hydrogen) atoms. The minimum atomic E-state index is -1.48. The molecule has 0 aromatic heterocycles. The van der Waals surface area contributed by atoms with E-state index in [1.165, 1.54) is 6.07 Å². The van der Waals surface area contributed by atoms with E-state index >= 15 is 0 Å². The Balaban J connectivity index is 2.46. The molecule has 1 fully saturated rings. The summed E-state index contributed by atoms with van der Waals surface area (Å²) in [7, 11) is 0. The summed E-state index contributed by atoms with van der Waals surface area (Å²) in [5.74, 6) is -2.88. The van der Waals surface area contributed by atoms with E-state index in [2.05, 4.69) is 0 Å². The minimum absolute atomic E-state index is 0.120. The molecule has 0 amide bonds. The van der Waals surface area contributed by atoms with Crippen molar-refractivity contribution in [1.29, 1.82) is 0 Å². The van der Waals surface area contributed by atoms with Gasteiger partial charge in [-0.2, -0.15) is 0 Å². The topological polar surface area (TPSA) is 44.5 Å². The third kappa shape index (κ3) is 1.81. The highest BCUT2D eigenvalue weighted by molar-refractivity contribution is 5.25. The Labute approximate surface area is 92.1 Å². The Morgan fingerprint density at radius 3 is 2.25 bits per heavy atom. The first-order valence-electron chi connectivity index (χ1n) is 5.12. The van der Waals surface area contributed by atoms with Gasteiger partial charge in [-0.3, -0.25) is 0 Å². The summed E-state index contributed by atoms with van der Waals surface area (Å²) in [5.41, 5.74) is 5.29. The van der Waals surface area contributed by atoms with Crippen molar-refractivity contribution in [1.82, 2.24) is 0 Å². The summed E-state index contributed by atoms with van der Waals surface area (Å²) < 4.78 is 37.9. The normalized spacial score (nSPS) is 19.7. The predicted octanol–water partition coefficient (Wildman–Crippen LogP) is 1.51. The average molecular weight is 229 g/mol. The van der Waals surface area contributed by atoms with Gasteiger partial charge in [-0.05, 0) is 18.6 Å². The molecule has 5 heteroatoms. The zero-order valence-corrected chi connectivity index (χ0v) is 8.71. The van der Waals surface area contributed by atoms with Gasteiger partial charge in [0.15, 0.2) is 0 Å².